The summed E-state index contributed by atoms with van der Waals surface area (Å²) in [7, 11) is 1.82. The lowest BCUT2D eigenvalue weighted by Crippen LogP contribution is -2.49. The molecular formula is C25H33N3O4. The third-order valence-electron chi connectivity index (χ3n) is 6.11. The lowest BCUT2D eigenvalue weighted by atomic mass is 9.92. The first-order valence-corrected chi connectivity index (χ1v) is 11.2. The Kier molecular flexibility index (Phi) is 6.88. The molecular weight excluding hydrogens is 406 g/mol. The summed E-state index contributed by atoms with van der Waals surface area (Å²) in [5.74, 6) is -0.642. The molecule has 172 valence electrons. The van der Waals surface area contributed by atoms with E-state index in [-0.39, 0.29) is 36.3 Å². The molecule has 2 unspecified atom stereocenters. The number of aliphatic hydroxyl groups is 1. The molecule has 2 atom stereocenters. The van der Waals surface area contributed by atoms with Crippen LogP contribution in [0.4, 0.5) is 5.69 Å². The highest BCUT2D eigenvalue weighted by molar-refractivity contribution is 5.96. The number of carbonyl (C=O) groups excluding carboxylic acids is 2. The molecule has 2 aromatic rings. The minimum absolute atomic E-state index is 0.0327. The third-order valence-corrected chi connectivity index (χ3v) is 6.11. The zero-order valence-corrected chi connectivity index (χ0v) is 19.5. The molecule has 3 rings (SSSR count). The van der Waals surface area contributed by atoms with Crippen LogP contribution >= 0.6 is 0 Å². The molecule has 2 N–H and O–H groups in total. The van der Waals surface area contributed by atoms with Gasteiger partial charge < -0.3 is 19.9 Å². The van der Waals surface area contributed by atoms with E-state index in [1.807, 2.05) is 37.9 Å². The maximum Gasteiger partial charge on any atom is 0.256 e. The molecule has 1 amide bonds. The summed E-state index contributed by atoms with van der Waals surface area (Å²) in [5.41, 5.74) is 1.41. The molecule has 0 saturated carbocycles. The van der Waals surface area contributed by atoms with E-state index in [0.29, 0.717) is 24.0 Å². The zero-order chi connectivity index (χ0) is 23.6. The monoisotopic (exact) mass is 439 g/mol. The topological polar surface area (TPSA) is 91.6 Å². The van der Waals surface area contributed by atoms with Gasteiger partial charge in [-0.05, 0) is 32.8 Å². The van der Waals surface area contributed by atoms with Crippen LogP contribution < -0.4 is 15.8 Å². The average Bonchev–Trinajstić information content (AvgIpc) is 3.05. The number of nitrogens with zero attached hydrogens (tertiary/aromatic N) is 2. The molecule has 0 radical (unpaired) electrons. The number of likely N-dealkylation sites (N-methyl/N-ethyl adjacent to an activating group) is 1. The van der Waals surface area contributed by atoms with Crippen molar-refractivity contribution in [3.63, 3.8) is 0 Å². The lowest BCUT2D eigenvalue weighted by molar-refractivity contribution is -0.123. The first kappa shape index (κ1) is 23.7. The van der Waals surface area contributed by atoms with Crippen LogP contribution in [0.3, 0.4) is 0 Å². The van der Waals surface area contributed by atoms with E-state index in [0.717, 1.165) is 11.4 Å². The summed E-state index contributed by atoms with van der Waals surface area (Å²) in [6.45, 7) is 7.26. The number of pyridine rings is 1. The number of benzene rings is 1. The van der Waals surface area contributed by atoms with E-state index in [2.05, 4.69) is 5.32 Å². The fraction of sp³-hybridized carbons (Fsp3) is 0.480. The Bertz CT molecular complexity index is 1050. The molecule has 32 heavy (non-hydrogen) atoms. The number of hydrogen-bond donors (Lipinski definition) is 2. The predicted molar refractivity (Wildman–Crippen MR) is 125 cm³/mol. The van der Waals surface area contributed by atoms with Crippen LogP contribution in [0.1, 0.15) is 61.6 Å². The number of amides is 1. The van der Waals surface area contributed by atoms with Crippen molar-refractivity contribution in [1.82, 2.24) is 9.88 Å². The van der Waals surface area contributed by atoms with Crippen molar-refractivity contribution in [3.05, 3.63) is 63.6 Å². The van der Waals surface area contributed by atoms with Crippen molar-refractivity contribution < 1.29 is 14.7 Å². The third kappa shape index (κ3) is 4.63. The normalized spacial score (nSPS) is 17.9. The van der Waals surface area contributed by atoms with Gasteiger partial charge in [0.25, 0.3) is 5.56 Å². The van der Waals surface area contributed by atoms with Crippen LogP contribution in [-0.2, 0) is 17.8 Å². The maximum atomic E-state index is 13.6. The van der Waals surface area contributed by atoms with E-state index < -0.39 is 11.6 Å². The highest BCUT2D eigenvalue weighted by Crippen LogP contribution is 2.40. The second-order valence-corrected chi connectivity index (χ2v) is 9.07. The van der Waals surface area contributed by atoms with E-state index in [4.69, 9.17) is 0 Å². The molecule has 0 bridgehead atoms. The summed E-state index contributed by atoms with van der Waals surface area (Å²) in [6, 6.07) is 10.3. The summed E-state index contributed by atoms with van der Waals surface area (Å²) in [5, 5.41) is 12.8. The standard InChI is InChI=1S/C25H33N3O4/c1-6-17-13-19-21(24(31)28(17)14-20(29)16-11-9-8-10-12-16)18(7-2)22(27(19)5)23(30)26-15-25(3,4)32/h8-13,18,22,32H,6-7,14-15H2,1-5H3,(H,26,30). The highest BCUT2D eigenvalue weighted by atomic mass is 16.3. The van der Waals surface area contributed by atoms with Gasteiger partial charge in [0.2, 0.25) is 5.91 Å². The summed E-state index contributed by atoms with van der Waals surface area (Å²) < 4.78 is 1.56. The summed E-state index contributed by atoms with van der Waals surface area (Å²) in [6.07, 6.45) is 1.19. The number of hydrogen-bond acceptors (Lipinski definition) is 5. The Morgan fingerprint density at radius 1 is 1.16 bits per heavy atom. The molecule has 1 aromatic heterocycles. The summed E-state index contributed by atoms with van der Waals surface area (Å²) >= 11 is 0. The van der Waals surface area contributed by atoms with Crippen molar-refractivity contribution >= 4 is 17.4 Å². The van der Waals surface area contributed by atoms with E-state index >= 15 is 0 Å². The smallest absolute Gasteiger partial charge is 0.256 e. The molecule has 0 spiro atoms. The Balaban J connectivity index is 1.99. The van der Waals surface area contributed by atoms with Gasteiger partial charge in [-0.1, -0.05) is 44.2 Å². The Hall–Kier alpha value is -2.93. The maximum absolute atomic E-state index is 13.6. The fourth-order valence-corrected chi connectivity index (χ4v) is 4.44. The van der Waals surface area contributed by atoms with Gasteiger partial charge in [0.05, 0.1) is 12.1 Å². The van der Waals surface area contributed by atoms with Crippen LogP contribution in [0.15, 0.2) is 41.2 Å². The van der Waals surface area contributed by atoms with Crippen molar-refractivity contribution in [3.8, 4) is 0 Å². The van der Waals surface area contributed by atoms with Gasteiger partial charge in [-0.3, -0.25) is 14.4 Å². The Morgan fingerprint density at radius 3 is 2.38 bits per heavy atom. The number of aryl methyl sites for hydroxylation is 1. The van der Waals surface area contributed by atoms with Crippen molar-refractivity contribution in [2.75, 3.05) is 18.5 Å². The zero-order valence-electron chi connectivity index (χ0n) is 19.5. The van der Waals surface area contributed by atoms with Gasteiger partial charge >= 0.3 is 0 Å². The molecule has 0 saturated heterocycles. The molecule has 0 fully saturated rings. The lowest BCUT2D eigenvalue weighted by Gasteiger charge is -2.27. The number of nitrogens with one attached hydrogen (secondary N) is 1. The highest BCUT2D eigenvalue weighted by Gasteiger charge is 2.43. The van der Waals surface area contributed by atoms with Crippen LogP contribution in [0.2, 0.25) is 0 Å². The molecule has 1 aliphatic heterocycles. The van der Waals surface area contributed by atoms with Crippen molar-refractivity contribution in [2.24, 2.45) is 0 Å². The number of fused-ring (bicyclic) bond motifs is 1. The number of carbonyl (C=O) groups is 2. The number of rotatable bonds is 8. The van der Waals surface area contributed by atoms with Gasteiger partial charge in [-0.25, -0.2) is 0 Å². The molecule has 7 heteroatoms. The van der Waals surface area contributed by atoms with Crippen LogP contribution in [0.5, 0.6) is 0 Å². The average molecular weight is 440 g/mol. The number of anilines is 1. The quantitative estimate of drug-likeness (QED) is 0.617. The number of aromatic nitrogens is 1. The fourth-order valence-electron chi connectivity index (χ4n) is 4.44. The predicted octanol–water partition coefficient (Wildman–Crippen LogP) is 2.49. The Morgan fingerprint density at radius 2 is 1.81 bits per heavy atom. The molecule has 1 aromatic carbocycles. The SMILES string of the molecule is CCc1cc2c(c(=O)n1CC(=O)c1ccccc1)C(CC)C(C(=O)NCC(C)(C)O)N2C. The van der Waals surface area contributed by atoms with Crippen molar-refractivity contribution in [1.29, 1.82) is 0 Å². The second-order valence-electron chi connectivity index (χ2n) is 9.07. The first-order chi connectivity index (χ1) is 15.1. The Labute approximate surface area is 189 Å². The molecule has 1 aliphatic rings. The van der Waals surface area contributed by atoms with Gasteiger partial charge in [-0.2, -0.15) is 0 Å². The molecule has 7 nitrogen and oxygen atoms in total. The van der Waals surface area contributed by atoms with E-state index in [1.165, 1.54) is 0 Å². The van der Waals surface area contributed by atoms with E-state index in [9.17, 15) is 19.5 Å². The van der Waals surface area contributed by atoms with E-state index in [1.54, 1.807) is 42.7 Å². The van der Waals surface area contributed by atoms with Crippen molar-refractivity contribution in [2.45, 2.75) is 64.6 Å². The van der Waals surface area contributed by atoms with Crippen LogP contribution in [0.25, 0.3) is 0 Å². The summed E-state index contributed by atoms with van der Waals surface area (Å²) in [4.78, 5) is 41.3. The van der Waals surface area contributed by atoms with Crippen LogP contribution in [0, 0.1) is 0 Å². The van der Waals surface area contributed by atoms with Gasteiger partial charge in [0, 0.05) is 42.0 Å². The van der Waals surface area contributed by atoms with Gasteiger partial charge in [0.1, 0.15) is 6.04 Å². The molecule has 2 heterocycles. The minimum Gasteiger partial charge on any atom is -0.389 e. The van der Waals surface area contributed by atoms with Crippen LogP contribution in [-0.4, -0.2) is 46.6 Å². The number of Topliss-reactive ketones (excluding diaryl/α,β-unsaturated/α-hetero) is 1. The molecule has 0 aliphatic carbocycles. The van der Waals surface area contributed by atoms with Gasteiger partial charge in [-0.15, -0.1) is 0 Å². The first-order valence-electron chi connectivity index (χ1n) is 11.2. The van der Waals surface area contributed by atoms with Gasteiger partial charge in [0.15, 0.2) is 5.78 Å². The largest absolute Gasteiger partial charge is 0.389 e. The second kappa shape index (κ2) is 9.28. The minimum atomic E-state index is -1.03. The number of ketones is 1.